The molecule has 0 aromatic rings. The second-order valence-corrected chi connectivity index (χ2v) is 1.45. The van der Waals surface area contributed by atoms with Crippen LogP contribution in [0.1, 0.15) is 0 Å². The summed E-state index contributed by atoms with van der Waals surface area (Å²) in [4.78, 5) is 0. The molecule has 0 unspecified atom stereocenters. The van der Waals surface area contributed by atoms with Crippen LogP contribution in [0, 0.1) is 0 Å². The largest absolute Gasteiger partial charge is 1.00 e. The molecule has 60 valence electrons. The standard InChI is InChI=1S/C2BF5O2.2K/c4-1(5,3(9)10)2(6,7)8;;/q-2;2*+1. The minimum atomic E-state index is -6.04. The van der Waals surface area contributed by atoms with Crippen LogP contribution < -0.4 is 113 Å². The van der Waals surface area contributed by atoms with E-state index in [9.17, 15) is 22.0 Å². The molecule has 2 nitrogen and oxygen atoms in total. The van der Waals surface area contributed by atoms with Crippen LogP contribution in [0.2, 0.25) is 0 Å². The van der Waals surface area contributed by atoms with Gasteiger partial charge in [-0.1, -0.05) is 0 Å². The molecule has 0 aliphatic rings. The summed E-state index contributed by atoms with van der Waals surface area (Å²) in [6.07, 6.45) is -6.04. The Hall–Kier alpha value is 2.91. The van der Waals surface area contributed by atoms with Gasteiger partial charge in [-0.15, -0.1) is 0 Å². The maximum atomic E-state index is 11.3. The van der Waals surface area contributed by atoms with Gasteiger partial charge in [0.25, 0.3) is 5.82 Å². The summed E-state index contributed by atoms with van der Waals surface area (Å²) >= 11 is 0. The normalized spacial score (nSPS) is 11.2. The molecule has 0 aliphatic heterocycles. The van der Waals surface area contributed by atoms with Gasteiger partial charge in [-0.05, 0) is 7.12 Å². The molecule has 0 heterocycles. The smallest absolute Gasteiger partial charge is 0.889 e. The van der Waals surface area contributed by atoms with Crippen molar-refractivity contribution in [3.63, 3.8) is 0 Å². The summed E-state index contributed by atoms with van der Waals surface area (Å²) < 4.78 is 55.4. The van der Waals surface area contributed by atoms with Crippen molar-refractivity contribution in [3.8, 4) is 0 Å². The van der Waals surface area contributed by atoms with E-state index in [1.54, 1.807) is 0 Å². The van der Waals surface area contributed by atoms with E-state index in [0.29, 0.717) is 0 Å². The Balaban J connectivity index is -0.000000405. The zero-order valence-electron chi connectivity index (χ0n) is 6.28. The van der Waals surface area contributed by atoms with Gasteiger partial charge in [0.2, 0.25) is 0 Å². The molecular formula is C2BF5K2O2. The molecule has 0 saturated carbocycles. The molecule has 0 aliphatic carbocycles. The van der Waals surface area contributed by atoms with E-state index in [1.165, 1.54) is 0 Å². The molecule has 0 atom stereocenters. The molecule has 12 heavy (non-hydrogen) atoms. The van der Waals surface area contributed by atoms with Crippen LogP contribution in [0.25, 0.3) is 0 Å². The fraction of sp³-hybridized carbons (Fsp3) is 1.00. The summed E-state index contributed by atoms with van der Waals surface area (Å²) in [7, 11) is -4.20. The third-order valence-corrected chi connectivity index (χ3v) is 0.674. The van der Waals surface area contributed by atoms with Gasteiger partial charge in [-0.25, -0.2) is 8.78 Å². The Morgan fingerprint density at radius 2 is 1.08 bits per heavy atom. The molecule has 0 aromatic carbocycles. The Kier molecular flexibility index (Phi) is 12.2. The van der Waals surface area contributed by atoms with Crippen LogP contribution >= 0.6 is 0 Å². The summed E-state index contributed by atoms with van der Waals surface area (Å²) in [5, 5.41) is 18.3. The fourth-order valence-electron chi connectivity index (χ4n) is 0.134. The molecule has 0 bridgehead atoms. The van der Waals surface area contributed by atoms with Gasteiger partial charge in [-0.2, -0.15) is 13.2 Å². The summed E-state index contributed by atoms with van der Waals surface area (Å²) in [6.45, 7) is 0. The van der Waals surface area contributed by atoms with Gasteiger partial charge < -0.3 is 10.0 Å². The topological polar surface area (TPSA) is 46.1 Å². The first-order valence-electron chi connectivity index (χ1n) is 1.95. The van der Waals surface area contributed by atoms with Crippen molar-refractivity contribution in [1.29, 1.82) is 0 Å². The van der Waals surface area contributed by atoms with Crippen LogP contribution in [0.4, 0.5) is 22.0 Å². The Labute approximate surface area is 150 Å². The third-order valence-electron chi connectivity index (χ3n) is 0.674. The number of hydrogen-bond acceptors (Lipinski definition) is 2. The second kappa shape index (κ2) is 7.23. The van der Waals surface area contributed by atoms with Crippen LogP contribution in [-0.2, 0) is 0 Å². The van der Waals surface area contributed by atoms with Gasteiger partial charge in [0.15, 0.2) is 0 Å². The molecular weight excluding hydrogens is 240 g/mol. The van der Waals surface area contributed by atoms with Gasteiger partial charge in [-0.3, -0.25) is 0 Å². The van der Waals surface area contributed by atoms with Crippen molar-refractivity contribution >= 4 is 7.12 Å². The van der Waals surface area contributed by atoms with Crippen LogP contribution in [0.5, 0.6) is 0 Å². The number of halogens is 5. The molecule has 0 N–H and O–H groups in total. The van der Waals surface area contributed by atoms with E-state index >= 15 is 0 Å². The van der Waals surface area contributed by atoms with Crippen molar-refractivity contribution in [3.05, 3.63) is 0 Å². The quantitative estimate of drug-likeness (QED) is 0.338. The van der Waals surface area contributed by atoms with Crippen LogP contribution in [0.3, 0.4) is 0 Å². The zero-order chi connectivity index (χ0) is 8.58. The van der Waals surface area contributed by atoms with E-state index in [0.717, 1.165) is 0 Å². The average molecular weight is 240 g/mol. The third kappa shape index (κ3) is 5.71. The Morgan fingerprint density at radius 3 is 1.08 bits per heavy atom. The molecule has 0 aromatic heterocycles. The van der Waals surface area contributed by atoms with E-state index in [1.807, 2.05) is 0 Å². The zero-order valence-corrected chi connectivity index (χ0v) is 12.5. The first-order valence-corrected chi connectivity index (χ1v) is 1.95. The van der Waals surface area contributed by atoms with Crippen LogP contribution in [-0.4, -0.2) is 19.1 Å². The van der Waals surface area contributed by atoms with E-state index in [2.05, 4.69) is 0 Å². The van der Waals surface area contributed by atoms with Crippen molar-refractivity contribution in [2.45, 2.75) is 12.0 Å². The van der Waals surface area contributed by atoms with Gasteiger partial charge in [0.05, 0.1) is 0 Å². The summed E-state index contributed by atoms with van der Waals surface area (Å²) in [5.41, 5.74) is 0. The van der Waals surface area contributed by atoms with Crippen molar-refractivity contribution in [2.75, 3.05) is 0 Å². The first-order chi connectivity index (χ1) is 4.19. The molecule has 0 saturated heterocycles. The fourth-order valence-corrected chi connectivity index (χ4v) is 0.134. The minimum Gasteiger partial charge on any atom is -0.889 e. The molecule has 10 heteroatoms. The second-order valence-electron chi connectivity index (χ2n) is 1.45. The van der Waals surface area contributed by atoms with E-state index in [4.69, 9.17) is 10.0 Å². The Bertz CT molecular complexity index is 127. The SMILES string of the molecule is [K+].[K+].[O-]B([O-])C(F)(F)C(F)(F)F. The predicted molar refractivity (Wildman–Crippen MR) is 16.8 cm³/mol. The van der Waals surface area contributed by atoms with Gasteiger partial charge in [0.1, 0.15) is 0 Å². The first kappa shape index (κ1) is 20.3. The maximum absolute atomic E-state index is 11.3. The van der Waals surface area contributed by atoms with Crippen molar-refractivity contribution in [2.24, 2.45) is 0 Å². The molecule has 0 spiro atoms. The number of hydrogen-bond donors (Lipinski definition) is 0. The maximum Gasteiger partial charge on any atom is 1.00 e. The molecule has 0 fully saturated rings. The van der Waals surface area contributed by atoms with Gasteiger partial charge >= 0.3 is 109 Å². The minimum absolute atomic E-state index is 0. The molecule has 0 radical (unpaired) electrons. The molecule has 0 amide bonds. The van der Waals surface area contributed by atoms with E-state index < -0.39 is 19.1 Å². The monoisotopic (exact) mass is 240 g/mol. The summed E-state index contributed by atoms with van der Waals surface area (Å²) in [5.74, 6) is -5.67. The molecule has 0 rings (SSSR count). The Morgan fingerprint density at radius 1 is 0.833 bits per heavy atom. The predicted octanol–water partition coefficient (Wildman–Crippen LogP) is -7.06. The van der Waals surface area contributed by atoms with Gasteiger partial charge in [0, 0.05) is 0 Å². The van der Waals surface area contributed by atoms with Crippen LogP contribution in [0.15, 0.2) is 0 Å². The number of rotatable bonds is 1. The van der Waals surface area contributed by atoms with Crippen molar-refractivity contribution in [1.82, 2.24) is 0 Å². The van der Waals surface area contributed by atoms with Crippen molar-refractivity contribution < 1.29 is 135 Å². The average Bonchev–Trinajstić information content (AvgIpc) is 1.62. The number of alkyl halides is 5. The summed E-state index contributed by atoms with van der Waals surface area (Å²) in [6, 6.07) is 0. The van der Waals surface area contributed by atoms with E-state index in [-0.39, 0.29) is 103 Å².